The second kappa shape index (κ2) is 4.96. The lowest BCUT2D eigenvalue weighted by atomic mass is 10.2. The Morgan fingerprint density at radius 2 is 2.12 bits per heavy atom. The molecule has 2 aromatic rings. The number of rotatable bonds is 3. The molecule has 17 heavy (non-hydrogen) atoms. The molecule has 1 aromatic carbocycles. The molecule has 0 saturated carbocycles. The highest BCUT2D eigenvalue weighted by Gasteiger charge is 2.15. The Kier molecular flexibility index (Phi) is 3.57. The second-order valence-electron chi connectivity index (χ2n) is 4.05. The molecule has 0 unspecified atom stereocenters. The van der Waals surface area contributed by atoms with E-state index in [1.165, 1.54) is 12.1 Å². The highest BCUT2D eigenvalue weighted by Crippen LogP contribution is 2.23. The highest BCUT2D eigenvalue weighted by atomic mass is 79.9. The molecule has 90 valence electrons. The lowest BCUT2D eigenvalue weighted by molar-refractivity contribution is 0.585. The monoisotopic (exact) mass is 297 g/mol. The lowest BCUT2D eigenvalue weighted by Crippen LogP contribution is -2.06. The van der Waals surface area contributed by atoms with E-state index in [2.05, 4.69) is 40.0 Å². The third-order valence-electron chi connectivity index (χ3n) is 2.49. The van der Waals surface area contributed by atoms with Crippen molar-refractivity contribution in [3.63, 3.8) is 0 Å². The molecule has 0 fully saturated rings. The average molecular weight is 298 g/mol. The molecular weight excluding hydrogens is 285 g/mol. The van der Waals surface area contributed by atoms with Crippen LogP contribution in [0.3, 0.4) is 0 Å². The van der Waals surface area contributed by atoms with Crippen LogP contribution in [-0.2, 0) is 5.33 Å². The van der Waals surface area contributed by atoms with Crippen molar-refractivity contribution in [1.29, 1.82) is 0 Å². The van der Waals surface area contributed by atoms with Gasteiger partial charge in [-0.15, -0.1) is 10.2 Å². The predicted molar refractivity (Wildman–Crippen MR) is 68.4 cm³/mol. The zero-order valence-corrected chi connectivity index (χ0v) is 11.3. The summed E-state index contributed by atoms with van der Waals surface area (Å²) in [4.78, 5) is 0. The van der Waals surface area contributed by atoms with Crippen LogP contribution in [0.5, 0.6) is 0 Å². The van der Waals surface area contributed by atoms with Gasteiger partial charge < -0.3 is 4.57 Å². The van der Waals surface area contributed by atoms with Crippen LogP contribution in [0.15, 0.2) is 24.3 Å². The van der Waals surface area contributed by atoms with E-state index < -0.39 is 0 Å². The van der Waals surface area contributed by atoms with Crippen molar-refractivity contribution in [1.82, 2.24) is 14.8 Å². The van der Waals surface area contributed by atoms with E-state index in [4.69, 9.17) is 0 Å². The van der Waals surface area contributed by atoms with Crippen LogP contribution in [0.25, 0.3) is 11.4 Å². The van der Waals surface area contributed by atoms with Crippen LogP contribution in [0.2, 0.25) is 0 Å². The quantitative estimate of drug-likeness (QED) is 0.811. The van der Waals surface area contributed by atoms with Gasteiger partial charge in [0.2, 0.25) is 0 Å². The summed E-state index contributed by atoms with van der Waals surface area (Å²) in [6, 6.07) is 6.64. The van der Waals surface area contributed by atoms with Gasteiger partial charge in [-0.05, 0) is 26.0 Å². The van der Waals surface area contributed by atoms with E-state index in [0.717, 1.165) is 11.4 Å². The first-order chi connectivity index (χ1) is 8.13. The van der Waals surface area contributed by atoms with Crippen LogP contribution < -0.4 is 0 Å². The molecule has 0 aliphatic carbocycles. The Balaban J connectivity index is 2.56. The maximum atomic E-state index is 13.2. The summed E-state index contributed by atoms with van der Waals surface area (Å²) in [6.45, 7) is 4.11. The molecule has 3 nitrogen and oxygen atoms in total. The van der Waals surface area contributed by atoms with Crippen molar-refractivity contribution in [2.75, 3.05) is 0 Å². The van der Waals surface area contributed by atoms with Gasteiger partial charge in [-0.2, -0.15) is 0 Å². The third kappa shape index (κ3) is 2.39. The van der Waals surface area contributed by atoms with Gasteiger partial charge in [-0.25, -0.2) is 4.39 Å². The zero-order chi connectivity index (χ0) is 12.4. The normalized spacial score (nSPS) is 11.1. The topological polar surface area (TPSA) is 30.7 Å². The number of aromatic nitrogens is 3. The summed E-state index contributed by atoms with van der Waals surface area (Å²) in [5, 5.41) is 8.87. The molecule has 0 atom stereocenters. The molecule has 0 amide bonds. The number of benzene rings is 1. The molecule has 0 aliphatic rings. The summed E-state index contributed by atoms with van der Waals surface area (Å²) < 4.78 is 15.2. The Bertz CT molecular complexity index is 522. The Morgan fingerprint density at radius 1 is 1.35 bits per heavy atom. The van der Waals surface area contributed by atoms with Crippen LogP contribution in [0.4, 0.5) is 4.39 Å². The summed E-state index contributed by atoms with van der Waals surface area (Å²) in [5.74, 6) is 1.29. The second-order valence-corrected chi connectivity index (χ2v) is 4.61. The summed E-state index contributed by atoms with van der Waals surface area (Å²) in [7, 11) is 0. The van der Waals surface area contributed by atoms with Crippen molar-refractivity contribution in [2.24, 2.45) is 0 Å². The first kappa shape index (κ1) is 12.2. The fraction of sp³-hybridized carbons (Fsp3) is 0.333. The minimum Gasteiger partial charge on any atom is -0.308 e. The predicted octanol–water partition coefficient (Wildman–Crippen LogP) is 3.56. The van der Waals surface area contributed by atoms with Crippen LogP contribution >= 0.6 is 15.9 Å². The SMILES string of the molecule is CC(C)n1c(CBr)nnc1-c1cccc(F)c1. The summed E-state index contributed by atoms with van der Waals surface area (Å²) in [6.07, 6.45) is 0. The Labute approximate surface area is 108 Å². The molecular formula is C12H13BrFN3. The fourth-order valence-corrected chi connectivity index (χ4v) is 2.16. The van der Waals surface area contributed by atoms with E-state index in [1.54, 1.807) is 6.07 Å². The minimum absolute atomic E-state index is 0.232. The van der Waals surface area contributed by atoms with E-state index in [-0.39, 0.29) is 11.9 Å². The maximum Gasteiger partial charge on any atom is 0.164 e. The van der Waals surface area contributed by atoms with Gasteiger partial charge in [0.05, 0.1) is 5.33 Å². The van der Waals surface area contributed by atoms with Gasteiger partial charge in [0.15, 0.2) is 5.82 Å². The lowest BCUT2D eigenvalue weighted by Gasteiger charge is -2.13. The first-order valence-corrected chi connectivity index (χ1v) is 6.51. The molecule has 0 N–H and O–H groups in total. The van der Waals surface area contributed by atoms with E-state index in [1.807, 2.05) is 10.6 Å². The minimum atomic E-state index is -0.263. The number of hydrogen-bond acceptors (Lipinski definition) is 2. The van der Waals surface area contributed by atoms with Crippen molar-refractivity contribution in [3.8, 4) is 11.4 Å². The van der Waals surface area contributed by atoms with Gasteiger partial charge in [-0.3, -0.25) is 0 Å². The first-order valence-electron chi connectivity index (χ1n) is 5.39. The fourth-order valence-electron chi connectivity index (χ4n) is 1.78. The van der Waals surface area contributed by atoms with E-state index in [9.17, 15) is 4.39 Å². The summed E-state index contributed by atoms with van der Waals surface area (Å²) >= 11 is 3.38. The smallest absolute Gasteiger partial charge is 0.164 e. The van der Waals surface area contributed by atoms with Gasteiger partial charge in [-0.1, -0.05) is 28.1 Å². The van der Waals surface area contributed by atoms with Gasteiger partial charge >= 0.3 is 0 Å². The maximum absolute atomic E-state index is 13.2. The Morgan fingerprint density at radius 3 is 2.71 bits per heavy atom. The number of alkyl halides is 1. The van der Waals surface area contributed by atoms with Gasteiger partial charge in [0.1, 0.15) is 11.6 Å². The molecule has 1 aromatic heterocycles. The van der Waals surface area contributed by atoms with Crippen LogP contribution in [0, 0.1) is 5.82 Å². The highest BCUT2D eigenvalue weighted by molar-refractivity contribution is 9.08. The molecule has 2 rings (SSSR count). The van der Waals surface area contributed by atoms with Crippen molar-refractivity contribution < 1.29 is 4.39 Å². The molecule has 0 saturated heterocycles. The van der Waals surface area contributed by atoms with Crippen molar-refractivity contribution >= 4 is 15.9 Å². The van der Waals surface area contributed by atoms with Crippen molar-refractivity contribution in [2.45, 2.75) is 25.2 Å². The van der Waals surface area contributed by atoms with Crippen LogP contribution in [-0.4, -0.2) is 14.8 Å². The zero-order valence-electron chi connectivity index (χ0n) is 9.69. The molecule has 0 aliphatic heterocycles. The van der Waals surface area contributed by atoms with E-state index in [0.29, 0.717) is 11.2 Å². The largest absolute Gasteiger partial charge is 0.308 e. The van der Waals surface area contributed by atoms with Crippen LogP contribution in [0.1, 0.15) is 25.7 Å². The number of halogens is 2. The van der Waals surface area contributed by atoms with Gasteiger partial charge in [0, 0.05) is 11.6 Å². The molecule has 0 spiro atoms. The standard InChI is InChI=1S/C12H13BrFN3/c1-8(2)17-11(7-13)15-16-12(17)9-4-3-5-10(14)6-9/h3-6,8H,7H2,1-2H3. The molecule has 0 bridgehead atoms. The number of hydrogen-bond donors (Lipinski definition) is 0. The average Bonchev–Trinajstić information content (AvgIpc) is 2.72. The molecule has 0 radical (unpaired) electrons. The summed E-state index contributed by atoms with van der Waals surface area (Å²) in [5.41, 5.74) is 0.749. The van der Waals surface area contributed by atoms with Gasteiger partial charge in [0.25, 0.3) is 0 Å². The number of nitrogens with zero attached hydrogens (tertiary/aromatic N) is 3. The molecule has 1 heterocycles. The Hall–Kier alpha value is -1.23. The van der Waals surface area contributed by atoms with E-state index >= 15 is 0 Å². The van der Waals surface area contributed by atoms with Crippen molar-refractivity contribution in [3.05, 3.63) is 35.9 Å². The molecule has 5 heteroatoms. The third-order valence-corrected chi connectivity index (χ3v) is 2.99.